The highest BCUT2D eigenvalue weighted by Gasteiger charge is 2.30. The first-order valence-corrected chi connectivity index (χ1v) is 7.67. The minimum Gasteiger partial charge on any atom is -0.496 e. The highest BCUT2D eigenvalue weighted by atomic mass is 16.5. The highest BCUT2D eigenvalue weighted by molar-refractivity contribution is 5.91. The number of furan rings is 1. The van der Waals surface area contributed by atoms with Gasteiger partial charge in [-0.25, -0.2) is 0 Å². The van der Waals surface area contributed by atoms with Crippen LogP contribution in [0.3, 0.4) is 0 Å². The van der Waals surface area contributed by atoms with Crippen LogP contribution in [0.4, 0.5) is 0 Å². The summed E-state index contributed by atoms with van der Waals surface area (Å²) in [5.74, 6) is 1.33. The highest BCUT2D eigenvalue weighted by Crippen LogP contribution is 2.25. The molecular formula is C18H21NO3. The first kappa shape index (κ1) is 14.7. The standard InChI is InChI=1S/C18H21NO3/c1-13-11-14(7-8-16(13)21-2)12-15-5-3-9-19(15)18(20)17-6-4-10-22-17/h4,6-8,10-11,15H,3,5,9,12H2,1-2H3. The minimum absolute atomic E-state index is 0.00210. The van der Waals surface area contributed by atoms with Crippen molar-refractivity contribution in [2.24, 2.45) is 0 Å². The number of methoxy groups -OCH3 is 1. The van der Waals surface area contributed by atoms with Gasteiger partial charge in [-0.1, -0.05) is 12.1 Å². The van der Waals surface area contributed by atoms with Crippen LogP contribution < -0.4 is 4.74 Å². The molecule has 22 heavy (non-hydrogen) atoms. The van der Waals surface area contributed by atoms with Gasteiger partial charge in [0.25, 0.3) is 5.91 Å². The monoisotopic (exact) mass is 299 g/mol. The zero-order valence-electron chi connectivity index (χ0n) is 13.0. The van der Waals surface area contributed by atoms with Crippen molar-refractivity contribution in [3.63, 3.8) is 0 Å². The van der Waals surface area contributed by atoms with E-state index in [1.54, 1.807) is 25.5 Å². The predicted molar refractivity (Wildman–Crippen MR) is 84.2 cm³/mol. The number of rotatable bonds is 4. The van der Waals surface area contributed by atoms with E-state index < -0.39 is 0 Å². The maximum atomic E-state index is 12.5. The lowest BCUT2D eigenvalue weighted by atomic mass is 10.0. The summed E-state index contributed by atoms with van der Waals surface area (Å²) in [6.45, 7) is 2.85. The summed E-state index contributed by atoms with van der Waals surface area (Å²) in [5.41, 5.74) is 2.37. The lowest BCUT2D eigenvalue weighted by Gasteiger charge is -2.24. The van der Waals surface area contributed by atoms with E-state index in [-0.39, 0.29) is 11.9 Å². The van der Waals surface area contributed by atoms with Crippen molar-refractivity contribution >= 4 is 5.91 Å². The minimum atomic E-state index is -0.00210. The van der Waals surface area contributed by atoms with Gasteiger partial charge in [0.2, 0.25) is 0 Å². The average Bonchev–Trinajstić information content (AvgIpc) is 3.18. The molecule has 1 aliphatic rings. The molecule has 1 aromatic heterocycles. The van der Waals surface area contributed by atoms with Crippen LogP contribution in [0, 0.1) is 6.92 Å². The average molecular weight is 299 g/mol. The lowest BCUT2D eigenvalue weighted by molar-refractivity contribution is 0.0704. The number of hydrogen-bond donors (Lipinski definition) is 0. The summed E-state index contributed by atoms with van der Waals surface area (Å²) in [6, 6.07) is 9.95. The molecule has 1 aromatic carbocycles. The van der Waals surface area contributed by atoms with E-state index in [0.717, 1.165) is 37.1 Å². The number of hydrogen-bond acceptors (Lipinski definition) is 3. The summed E-state index contributed by atoms with van der Waals surface area (Å²) in [6.07, 6.45) is 4.51. The Hall–Kier alpha value is -2.23. The molecule has 0 aliphatic carbocycles. The first-order chi connectivity index (χ1) is 10.7. The second kappa shape index (κ2) is 6.26. The van der Waals surface area contributed by atoms with Crippen LogP contribution in [0.25, 0.3) is 0 Å². The van der Waals surface area contributed by atoms with Crippen LogP contribution in [0.15, 0.2) is 41.0 Å². The number of benzene rings is 1. The zero-order valence-corrected chi connectivity index (χ0v) is 13.0. The van der Waals surface area contributed by atoms with Gasteiger partial charge < -0.3 is 14.1 Å². The van der Waals surface area contributed by atoms with Gasteiger partial charge in [-0.05, 0) is 55.5 Å². The Morgan fingerprint density at radius 3 is 2.95 bits per heavy atom. The van der Waals surface area contributed by atoms with Crippen molar-refractivity contribution in [2.45, 2.75) is 32.2 Å². The third-order valence-corrected chi connectivity index (χ3v) is 4.30. The molecule has 4 heteroatoms. The molecule has 0 bridgehead atoms. The quantitative estimate of drug-likeness (QED) is 0.868. The van der Waals surface area contributed by atoms with Crippen LogP contribution in [0.5, 0.6) is 5.75 Å². The van der Waals surface area contributed by atoms with Gasteiger partial charge in [-0.15, -0.1) is 0 Å². The third kappa shape index (κ3) is 2.86. The summed E-state index contributed by atoms with van der Waals surface area (Å²) in [7, 11) is 1.68. The van der Waals surface area contributed by atoms with Gasteiger partial charge in [0, 0.05) is 12.6 Å². The van der Waals surface area contributed by atoms with Crippen molar-refractivity contribution in [1.29, 1.82) is 0 Å². The Kier molecular flexibility index (Phi) is 4.18. The molecule has 1 aliphatic heterocycles. The van der Waals surface area contributed by atoms with E-state index in [0.29, 0.717) is 5.76 Å². The van der Waals surface area contributed by atoms with E-state index in [4.69, 9.17) is 9.15 Å². The molecule has 0 radical (unpaired) electrons. The fraction of sp³-hybridized carbons (Fsp3) is 0.389. The molecule has 0 saturated carbocycles. The van der Waals surface area contributed by atoms with Gasteiger partial charge in [0.05, 0.1) is 13.4 Å². The predicted octanol–water partition coefficient (Wildman–Crippen LogP) is 3.44. The van der Waals surface area contributed by atoms with Gasteiger partial charge in [-0.3, -0.25) is 4.79 Å². The molecule has 1 atom stereocenters. The summed E-state index contributed by atoms with van der Waals surface area (Å²) in [4.78, 5) is 14.4. The van der Waals surface area contributed by atoms with Gasteiger partial charge >= 0.3 is 0 Å². The second-order valence-electron chi connectivity index (χ2n) is 5.78. The molecule has 2 heterocycles. The van der Waals surface area contributed by atoms with E-state index in [2.05, 4.69) is 12.1 Å². The zero-order chi connectivity index (χ0) is 15.5. The number of carbonyl (C=O) groups excluding carboxylic acids is 1. The normalized spacial score (nSPS) is 17.7. The Labute approximate surface area is 130 Å². The number of carbonyl (C=O) groups is 1. The van der Waals surface area contributed by atoms with Crippen molar-refractivity contribution in [2.75, 3.05) is 13.7 Å². The number of amides is 1. The Morgan fingerprint density at radius 2 is 2.27 bits per heavy atom. The molecule has 0 N–H and O–H groups in total. The van der Waals surface area contributed by atoms with Crippen LogP contribution in [-0.4, -0.2) is 30.5 Å². The van der Waals surface area contributed by atoms with E-state index in [1.807, 2.05) is 17.9 Å². The Morgan fingerprint density at radius 1 is 1.41 bits per heavy atom. The van der Waals surface area contributed by atoms with Crippen LogP contribution >= 0.6 is 0 Å². The Balaban J connectivity index is 1.74. The number of nitrogens with zero attached hydrogens (tertiary/aromatic N) is 1. The Bertz CT molecular complexity index is 648. The summed E-state index contributed by atoms with van der Waals surface area (Å²) >= 11 is 0. The molecule has 1 unspecified atom stereocenters. The third-order valence-electron chi connectivity index (χ3n) is 4.30. The molecule has 1 saturated heterocycles. The van der Waals surface area contributed by atoms with Crippen LogP contribution in [0.2, 0.25) is 0 Å². The van der Waals surface area contributed by atoms with Crippen molar-refractivity contribution in [3.8, 4) is 5.75 Å². The molecule has 0 spiro atoms. The molecule has 3 rings (SSSR count). The molecular weight excluding hydrogens is 278 g/mol. The SMILES string of the molecule is COc1ccc(CC2CCCN2C(=O)c2ccco2)cc1C. The van der Waals surface area contributed by atoms with Crippen molar-refractivity contribution in [1.82, 2.24) is 4.90 Å². The second-order valence-corrected chi connectivity index (χ2v) is 5.78. The fourth-order valence-electron chi connectivity index (χ4n) is 3.20. The maximum Gasteiger partial charge on any atom is 0.289 e. The number of ether oxygens (including phenoxy) is 1. The van der Waals surface area contributed by atoms with Crippen molar-refractivity contribution < 1.29 is 13.9 Å². The maximum absolute atomic E-state index is 12.5. The van der Waals surface area contributed by atoms with Crippen molar-refractivity contribution in [3.05, 3.63) is 53.5 Å². The lowest BCUT2D eigenvalue weighted by Crippen LogP contribution is -2.36. The van der Waals surface area contributed by atoms with Gasteiger partial charge in [0.1, 0.15) is 5.75 Å². The number of likely N-dealkylation sites (tertiary alicyclic amines) is 1. The number of aryl methyl sites for hydroxylation is 1. The largest absolute Gasteiger partial charge is 0.496 e. The topological polar surface area (TPSA) is 42.7 Å². The summed E-state index contributed by atoms with van der Waals surface area (Å²) in [5, 5.41) is 0. The smallest absolute Gasteiger partial charge is 0.289 e. The van der Waals surface area contributed by atoms with Gasteiger partial charge in [-0.2, -0.15) is 0 Å². The molecule has 4 nitrogen and oxygen atoms in total. The van der Waals surface area contributed by atoms with E-state index >= 15 is 0 Å². The molecule has 116 valence electrons. The summed E-state index contributed by atoms with van der Waals surface area (Å²) < 4.78 is 10.5. The van der Waals surface area contributed by atoms with E-state index in [1.165, 1.54) is 5.56 Å². The molecule has 1 fully saturated rings. The molecule has 1 amide bonds. The van der Waals surface area contributed by atoms with Crippen LogP contribution in [-0.2, 0) is 6.42 Å². The first-order valence-electron chi connectivity index (χ1n) is 7.67. The van der Waals surface area contributed by atoms with Crippen LogP contribution in [0.1, 0.15) is 34.5 Å². The van der Waals surface area contributed by atoms with Gasteiger partial charge in [0.15, 0.2) is 5.76 Å². The molecule has 2 aromatic rings. The van der Waals surface area contributed by atoms with E-state index in [9.17, 15) is 4.79 Å². The fourth-order valence-corrected chi connectivity index (χ4v) is 3.20.